The molecule has 3 nitrogen and oxygen atoms in total. The van der Waals surface area contributed by atoms with Crippen molar-refractivity contribution >= 4 is 28.6 Å². The first kappa shape index (κ1) is 17.5. The highest BCUT2D eigenvalue weighted by atomic mass is 16.3. The summed E-state index contributed by atoms with van der Waals surface area (Å²) in [6.07, 6.45) is 9.17. The second-order valence-corrected chi connectivity index (χ2v) is 7.19. The van der Waals surface area contributed by atoms with Crippen LogP contribution in [-0.2, 0) is 28.9 Å². The van der Waals surface area contributed by atoms with E-state index in [1.54, 1.807) is 6.26 Å². The van der Waals surface area contributed by atoms with Crippen LogP contribution in [0.2, 0.25) is 0 Å². The van der Waals surface area contributed by atoms with Gasteiger partial charge < -0.3 is 4.42 Å². The largest absolute Gasteiger partial charge is 0.464 e. The molecule has 1 heterocycles. The molecule has 0 bridgehead atoms. The number of hydrogen-bond acceptors (Lipinski definition) is 3. The Morgan fingerprint density at radius 3 is 2.44 bits per heavy atom. The van der Waals surface area contributed by atoms with E-state index in [0.29, 0.717) is 25.7 Å². The second-order valence-electron chi connectivity index (χ2n) is 7.19. The highest BCUT2D eigenvalue weighted by molar-refractivity contribution is 5.99. The summed E-state index contributed by atoms with van der Waals surface area (Å²) < 4.78 is 5.32. The van der Waals surface area contributed by atoms with Crippen molar-refractivity contribution in [3.05, 3.63) is 77.1 Å². The Balaban J connectivity index is 1.24. The van der Waals surface area contributed by atoms with Crippen molar-refractivity contribution in [2.24, 2.45) is 0 Å². The molecule has 0 aliphatic heterocycles. The first-order valence-electron chi connectivity index (χ1n) is 9.45. The molecule has 3 aromatic rings. The van der Waals surface area contributed by atoms with Gasteiger partial charge in [-0.2, -0.15) is 0 Å². The minimum absolute atomic E-state index is 0.0178. The summed E-state index contributed by atoms with van der Waals surface area (Å²) in [6, 6.07) is 14.2. The van der Waals surface area contributed by atoms with Crippen LogP contribution in [0, 0.1) is 0 Å². The van der Waals surface area contributed by atoms with E-state index in [1.807, 2.05) is 24.3 Å². The molecule has 0 N–H and O–H groups in total. The number of benzene rings is 2. The number of Topliss-reactive ketones (excluding diaryl/α,β-unsaturated/α-hetero) is 2. The van der Waals surface area contributed by atoms with Gasteiger partial charge in [-0.05, 0) is 59.7 Å². The van der Waals surface area contributed by atoms with Gasteiger partial charge in [0.25, 0.3) is 0 Å². The maximum Gasteiger partial charge on any atom is 0.140 e. The van der Waals surface area contributed by atoms with Gasteiger partial charge in [-0.15, -0.1) is 0 Å². The lowest BCUT2D eigenvalue weighted by Crippen LogP contribution is -2.09. The van der Waals surface area contributed by atoms with Crippen molar-refractivity contribution < 1.29 is 14.0 Å². The van der Waals surface area contributed by atoms with E-state index < -0.39 is 0 Å². The van der Waals surface area contributed by atoms with Gasteiger partial charge in [-0.3, -0.25) is 9.59 Å². The lowest BCUT2D eigenvalue weighted by atomic mass is 9.99. The Morgan fingerprint density at radius 1 is 0.889 bits per heavy atom. The number of carbonyl (C=O) groups excluding carboxylic acids is 2. The number of rotatable bonds is 8. The lowest BCUT2D eigenvalue weighted by Gasteiger charge is -2.05. The second kappa shape index (κ2) is 7.75. The van der Waals surface area contributed by atoms with Gasteiger partial charge >= 0.3 is 0 Å². The van der Waals surface area contributed by atoms with Gasteiger partial charge in [0.1, 0.15) is 17.1 Å². The molecular weight excluding hydrogens is 336 g/mol. The number of furan rings is 1. The molecule has 1 aliphatic carbocycles. The summed E-state index contributed by atoms with van der Waals surface area (Å²) in [4.78, 5) is 24.3. The summed E-state index contributed by atoms with van der Waals surface area (Å²) in [5.74, 6) is 0.0468. The average Bonchev–Trinajstić information content (AvgIpc) is 3.32. The molecule has 4 rings (SSSR count). The topological polar surface area (TPSA) is 47.3 Å². The number of allylic oxidation sites excluding steroid dienone is 1. The van der Waals surface area contributed by atoms with Crippen LogP contribution in [-0.4, -0.2) is 11.6 Å². The van der Waals surface area contributed by atoms with Gasteiger partial charge in [0, 0.05) is 18.2 Å². The molecule has 0 fully saturated rings. The fourth-order valence-corrected chi connectivity index (χ4v) is 3.59. The van der Waals surface area contributed by atoms with Crippen LogP contribution in [0.5, 0.6) is 0 Å². The van der Waals surface area contributed by atoms with Crippen LogP contribution in [0.15, 0.2) is 59.2 Å². The molecule has 2 aromatic carbocycles. The molecule has 0 saturated heterocycles. The zero-order valence-corrected chi connectivity index (χ0v) is 15.2. The van der Waals surface area contributed by atoms with Crippen LogP contribution < -0.4 is 0 Å². The molecular formula is C24H22O3. The van der Waals surface area contributed by atoms with Crippen molar-refractivity contribution in [3.8, 4) is 0 Å². The third-order valence-corrected chi connectivity index (χ3v) is 5.14. The summed E-state index contributed by atoms with van der Waals surface area (Å²) in [7, 11) is 0. The third-order valence-electron chi connectivity index (χ3n) is 5.14. The number of fused-ring (bicyclic) bond motifs is 2. The van der Waals surface area contributed by atoms with E-state index in [2.05, 4.69) is 30.4 Å². The van der Waals surface area contributed by atoms with Crippen molar-refractivity contribution in [1.29, 1.82) is 0 Å². The summed E-state index contributed by atoms with van der Waals surface area (Å²) in [5.41, 5.74) is 5.70. The quantitative estimate of drug-likeness (QED) is 0.527. The zero-order valence-electron chi connectivity index (χ0n) is 15.2. The van der Waals surface area contributed by atoms with Crippen LogP contribution in [0.1, 0.15) is 41.5 Å². The molecule has 0 amide bonds. The molecule has 0 atom stereocenters. The fourth-order valence-electron chi connectivity index (χ4n) is 3.59. The monoisotopic (exact) mass is 358 g/mol. The van der Waals surface area contributed by atoms with E-state index in [9.17, 15) is 9.59 Å². The summed E-state index contributed by atoms with van der Waals surface area (Å²) in [6.45, 7) is 0. The fraction of sp³-hybridized carbons (Fsp3) is 0.250. The molecule has 0 radical (unpaired) electrons. The van der Waals surface area contributed by atoms with Gasteiger partial charge in [0.05, 0.1) is 12.7 Å². The van der Waals surface area contributed by atoms with Gasteiger partial charge in [0.2, 0.25) is 0 Å². The number of ketones is 2. The molecule has 0 unspecified atom stereocenters. The average molecular weight is 358 g/mol. The Morgan fingerprint density at radius 2 is 1.63 bits per heavy atom. The first-order valence-corrected chi connectivity index (χ1v) is 9.45. The Kier molecular flexibility index (Phi) is 5.01. The van der Waals surface area contributed by atoms with Crippen molar-refractivity contribution in [2.45, 2.75) is 38.5 Å². The predicted octanol–water partition coefficient (Wildman–Crippen LogP) is 5.10. The SMILES string of the molecule is O=C(CCc1ccc2c(c1)C=CC2)CC(=O)CCc1ccc2occc2c1. The molecule has 0 saturated carbocycles. The minimum atomic E-state index is 0.0178. The van der Waals surface area contributed by atoms with Crippen LogP contribution in [0.25, 0.3) is 17.0 Å². The predicted molar refractivity (Wildman–Crippen MR) is 107 cm³/mol. The van der Waals surface area contributed by atoms with E-state index in [0.717, 1.165) is 28.5 Å². The molecule has 27 heavy (non-hydrogen) atoms. The van der Waals surface area contributed by atoms with Gasteiger partial charge in [-0.1, -0.05) is 36.4 Å². The van der Waals surface area contributed by atoms with Crippen LogP contribution >= 0.6 is 0 Å². The minimum Gasteiger partial charge on any atom is -0.464 e. The van der Waals surface area contributed by atoms with Crippen molar-refractivity contribution in [1.82, 2.24) is 0 Å². The smallest absolute Gasteiger partial charge is 0.140 e. The van der Waals surface area contributed by atoms with E-state index in [1.165, 1.54) is 11.1 Å². The third kappa shape index (κ3) is 4.25. The van der Waals surface area contributed by atoms with Crippen LogP contribution in [0.3, 0.4) is 0 Å². The Hall–Kier alpha value is -2.94. The molecule has 1 aromatic heterocycles. The number of aryl methyl sites for hydroxylation is 2. The Labute approximate surface area is 158 Å². The van der Waals surface area contributed by atoms with Gasteiger partial charge in [0.15, 0.2) is 0 Å². The summed E-state index contributed by atoms with van der Waals surface area (Å²) >= 11 is 0. The first-order chi connectivity index (χ1) is 13.2. The maximum absolute atomic E-state index is 12.2. The molecule has 1 aliphatic rings. The van der Waals surface area contributed by atoms with Crippen molar-refractivity contribution in [2.75, 3.05) is 0 Å². The van der Waals surface area contributed by atoms with Gasteiger partial charge in [-0.25, -0.2) is 0 Å². The zero-order chi connectivity index (χ0) is 18.6. The highest BCUT2D eigenvalue weighted by Gasteiger charge is 2.12. The maximum atomic E-state index is 12.2. The highest BCUT2D eigenvalue weighted by Crippen LogP contribution is 2.21. The Bertz CT molecular complexity index is 1020. The lowest BCUT2D eigenvalue weighted by molar-refractivity contribution is -0.126. The number of carbonyl (C=O) groups is 2. The molecule has 0 spiro atoms. The van der Waals surface area contributed by atoms with E-state index in [4.69, 9.17) is 4.42 Å². The van der Waals surface area contributed by atoms with E-state index >= 15 is 0 Å². The molecule has 136 valence electrons. The van der Waals surface area contributed by atoms with E-state index in [-0.39, 0.29) is 18.0 Å². The number of hydrogen-bond donors (Lipinski definition) is 0. The van der Waals surface area contributed by atoms with Crippen molar-refractivity contribution in [3.63, 3.8) is 0 Å². The molecule has 3 heteroatoms. The van der Waals surface area contributed by atoms with Crippen LogP contribution in [0.4, 0.5) is 0 Å². The standard InChI is InChI=1S/C24H22O3/c25-22(9-5-17-4-8-19-2-1-3-20(19)14-17)16-23(26)10-6-18-7-11-24-21(15-18)12-13-27-24/h1,3-4,7-8,11-15H,2,5-6,9-10,16H2. The normalized spacial score (nSPS) is 12.4. The summed E-state index contributed by atoms with van der Waals surface area (Å²) in [5, 5.41) is 1.04.